The van der Waals surface area contributed by atoms with Crippen molar-refractivity contribution in [3.63, 3.8) is 0 Å². The molecule has 0 fully saturated rings. The summed E-state index contributed by atoms with van der Waals surface area (Å²) in [5.74, 6) is -0.0839. The van der Waals surface area contributed by atoms with E-state index in [0.717, 1.165) is 57.9 Å². The molecule has 3 heterocycles. The van der Waals surface area contributed by atoms with E-state index >= 15 is 0 Å². The summed E-state index contributed by atoms with van der Waals surface area (Å²) in [7, 11) is 4.05. The highest BCUT2D eigenvalue weighted by atomic mass is 16.4. The lowest BCUT2D eigenvalue weighted by Gasteiger charge is -2.07. The second-order valence-electron chi connectivity index (χ2n) is 7.45. The average molecular weight is 389 g/mol. The molecule has 0 amide bonds. The van der Waals surface area contributed by atoms with Crippen molar-refractivity contribution in [3.05, 3.63) is 59.7 Å². The summed E-state index contributed by atoms with van der Waals surface area (Å²) in [6, 6.07) is 9.26. The standard InChI is InChI=1S/C22H23N5O2/c1-13-10-14(12-15(11-13)22(28)29)19-20(26-18(25-19)6-9-27(2)3)16-4-7-23-21-17(16)5-8-24-21/h4-5,7-8,10-12H,6,9H2,1-3H3,(H,23,24)(H,25,26)(H,28,29). The van der Waals surface area contributed by atoms with Crippen LogP contribution in [0.4, 0.5) is 0 Å². The Balaban J connectivity index is 1.91. The molecule has 3 N–H and O–H groups in total. The third-order valence-corrected chi connectivity index (χ3v) is 4.88. The van der Waals surface area contributed by atoms with E-state index in [0.29, 0.717) is 0 Å². The molecule has 0 saturated carbocycles. The van der Waals surface area contributed by atoms with Crippen LogP contribution in [-0.4, -0.2) is 56.6 Å². The first-order chi connectivity index (χ1) is 13.9. The zero-order valence-corrected chi connectivity index (χ0v) is 16.7. The molecule has 0 radical (unpaired) electrons. The van der Waals surface area contributed by atoms with E-state index in [2.05, 4.69) is 19.9 Å². The molecule has 3 aromatic heterocycles. The highest BCUT2D eigenvalue weighted by molar-refractivity contribution is 5.96. The zero-order chi connectivity index (χ0) is 20.5. The predicted molar refractivity (Wildman–Crippen MR) is 113 cm³/mol. The number of carbonyl (C=O) groups is 1. The summed E-state index contributed by atoms with van der Waals surface area (Å²) in [5.41, 5.74) is 5.31. The summed E-state index contributed by atoms with van der Waals surface area (Å²) in [5, 5.41) is 10.5. The SMILES string of the molecule is Cc1cc(C(=O)O)cc(-c2nc(CCN(C)C)[nH]c2-c2ccnc3[nH]ccc23)c1. The number of likely N-dealkylation sites (N-methyl/N-ethyl adjacent to an activating group) is 1. The molecule has 0 bridgehead atoms. The van der Waals surface area contributed by atoms with Crippen LogP contribution in [0.1, 0.15) is 21.7 Å². The van der Waals surface area contributed by atoms with E-state index in [-0.39, 0.29) is 5.56 Å². The van der Waals surface area contributed by atoms with Crippen LogP contribution in [0.15, 0.2) is 42.7 Å². The van der Waals surface area contributed by atoms with Crippen molar-refractivity contribution < 1.29 is 9.90 Å². The van der Waals surface area contributed by atoms with E-state index < -0.39 is 5.97 Å². The highest BCUT2D eigenvalue weighted by Crippen LogP contribution is 2.34. The third-order valence-electron chi connectivity index (χ3n) is 4.88. The zero-order valence-electron chi connectivity index (χ0n) is 16.7. The van der Waals surface area contributed by atoms with Crippen molar-refractivity contribution in [2.75, 3.05) is 20.6 Å². The number of aromatic amines is 2. The number of benzene rings is 1. The van der Waals surface area contributed by atoms with Gasteiger partial charge in [-0.05, 0) is 56.9 Å². The Labute approximate surface area is 168 Å². The molecule has 0 saturated heterocycles. The molecular formula is C22H23N5O2. The van der Waals surface area contributed by atoms with Crippen molar-refractivity contribution in [2.45, 2.75) is 13.3 Å². The smallest absolute Gasteiger partial charge is 0.335 e. The molecule has 0 unspecified atom stereocenters. The van der Waals surface area contributed by atoms with Crippen LogP contribution >= 0.6 is 0 Å². The highest BCUT2D eigenvalue weighted by Gasteiger charge is 2.18. The van der Waals surface area contributed by atoms with Crippen LogP contribution < -0.4 is 0 Å². The number of hydrogen-bond donors (Lipinski definition) is 3. The second-order valence-corrected chi connectivity index (χ2v) is 7.45. The van der Waals surface area contributed by atoms with E-state index in [4.69, 9.17) is 4.98 Å². The third kappa shape index (κ3) is 3.77. The maximum atomic E-state index is 11.6. The van der Waals surface area contributed by atoms with Gasteiger partial charge in [0.05, 0.1) is 17.0 Å². The number of fused-ring (bicyclic) bond motifs is 1. The van der Waals surface area contributed by atoms with Crippen molar-refractivity contribution in [2.24, 2.45) is 0 Å². The Morgan fingerprint density at radius 2 is 2.03 bits per heavy atom. The fraction of sp³-hybridized carbons (Fsp3) is 0.227. The summed E-state index contributed by atoms with van der Waals surface area (Å²) in [6.45, 7) is 2.75. The normalized spacial score (nSPS) is 11.4. The maximum Gasteiger partial charge on any atom is 0.335 e. The van der Waals surface area contributed by atoms with Gasteiger partial charge in [-0.2, -0.15) is 0 Å². The van der Waals surface area contributed by atoms with Crippen molar-refractivity contribution in [3.8, 4) is 22.5 Å². The summed E-state index contributed by atoms with van der Waals surface area (Å²) in [4.78, 5) is 29.5. The fourth-order valence-corrected chi connectivity index (χ4v) is 3.50. The van der Waals surface area contributed by atoms with Gasteiger partial charge in [-0.1, -0.05) is 0 Å². The van der Waals surface area contributed by atoms with Crippen molar-refractivity contribution in [1.29, 1.82) is 0 Å². The van der Waals surface area contributed by atoms with E-state index in [9.17, 15) is 9.90 Å². The summed E-state index contributed by atoms with van der Waals surface area (Å²) >= 11 is 0. The van der Waals surface area contributed by atoms with E-state index in [1.807, 2.05) is 45.4 Å². The van der Waals surface area contributed by atoms with Gasteiger partial charge in [-0.3, -0.25) is 0 Å². The molecule has 1 aromatic carbocycles. The molecule has 29 heavy (non-hydrogen) atoms. The predicted octanol–water partition coefficient (Wildman–Crippen LogP) is 3.73. The number of imidazole rings is 1. The van der Waals surface area contributed by atoms with Crippen LogP contribution in [-0.2, 0) is 6.42 Å². The molecule has 7 heteroatoms. The topological polar surface area (TPSA) is 97.9 Å². The minimum Gasteiger partial charge on any atom is -0.478 e. The molecule has 0 atom stereocenters. The lowest BCUT2D eigenvalue weighted by atomic mass is 10.00. The number of nitrogens with one attached hydrogen (secondary N) is 2. The van der Waals surface area contributed by atoms with Crippen LogP contribution in [0.2, 0.25) is 0 Å². The number of nitrogens with zero attached hydrogens (tertiary/aromatic N) is 3. The van der Waals surface area contributed by atoms with Gasteiger partial charge in [0, 0.05) is 41.9 Å². The van der Waals surface area contributed by atoms with Crippen LogP contribution in [0.5, 0.6) is 0 Å². The lowest BCUT2D eigenvalue weighted by molar-refractivity contribution is 0.0697. The van der Waals surface area contributed by atoms with Gasteiger partial charge in [-0.15, -0.1) is 0 Å². The number of aromatic nitrogens is 4. The minimum atomic E-state index is -0.947. The number of aromatic carboxylic acids is 1. The maximum absolute atomic E-state index is 11.6. The number of carboxylic acids is 1. The Bertz CT molecular complexity index is 1190. The molecule has 7 nitrogen and oxygen atoms in total. The monoisotopic (exact) mass is 389 g/mol. The van der Waals surface area contributed by atoms with Crippen LogP contribution in [0.3, 0.4) is 0 Å². The van der Waals surface area contributed by atoms with Gasteiger partial charge in [0.2, 0.25) is 0 Å². The number of aryl methyl sites for hydroxylation is 1. The van der Waals surface area contributed by atoms with Crippen LogP contribution in [0, 0.1) is 6.92 Å². The molecule has 4 rings (SSSR count). The first-order valence-electron chi connectivity index (χ1n) is 9.44. The molecule has 0 aliphatic rings. The Kier molecular flexibility index (Phi) is 4.90. The minimum absolute atomic E-state index is 0.255. The van der Waals surface area contributed by atoms with Crippen molar-refractivity contribution >= 4 is 17.0 Å². The average Bonchev–Trinajstić information content (AvgIpc) is 3.32. The Morgan fingerprint density at radius 1 is 1.21 bits per heavy atom. The van der Waals surface area contributed by atoms with Gasteiger partial charge in [0.1, 0.15) is 11.5 Å². The summed E-state index contributed by atoms with van der Waals surface area (Å²) < 4.78 is 0. The van der Waals surface area contributed by atoms with Crippen molar-refractivity contribution in [1.82, 2.24) is 24.8 Å². The van der Waals surface area contributed by atoms with Crippen LogP contribution in [0.25, 0.3) is 33.5 Å². The fourth-order valence-electron chi connectivity index (χ4n) is 3.50. The second kappa shape index (κ2) is 7.52. The Hall–Kier alpha value is -3.45. The van der Waals surface area contributed by atoms with Gasteiger partial charge < -0.3 is 20.0 Å². The van der Waals surface area contributed by atoms with Gasteiger partial charge in [0.15, 0.2) is 0 Å². The van der Waals surface area contributed by atoms with Gasteiger partial charge in [-0.25, -0.2) is 14.8 Å². The molecule has 0 aliphatic carbocycles. The molecule has 0 spiro atoms. The van der Waals surface area contributed by atoms with Gasteiger partial charge in [0.25, 0.3) is 0 Å². The number of hydrogen-bond acceptors (Lipinski definition) is 4. The Morgan fingerprint density at radius 3 is 2.79 bits per heavy atom. The number of pyridine rings is 1. The largest absolute Gasteiger partial charge is 0.478 e. The first-order valence-corrected chi connectivity index (χ1v) is 9.44. The van der Waals surface area contributed by atoms with E-state index in [1.165, 1.54) is 0 Å². The van der Waals surface area contributed by atoms with E-state index in [1.54, 1.807) is 18.3 Å². The number of carboxylic acid groups (broad SMARTS) is 1. The number of rotatable bonds is 6. The first kappa shape index (κ1) is 18.9. The number of H-pyrrole nitrogens is 2. The molecule has 4 aromatic rings. The quantitative estimate of drug-likeness (QED) is 0.467. The summed E-state index contributed by atoms with van der Waals surface area (Å²) in [6.07, 6.45) is 4.38. The molecule has 148 valence electrons. The lowest BCUT2D eigenvalue weighted by Crippen LogP contribution is -2.15. The molecular weight excluding hydrogens is 366 g/mol. The van der Waals surface area contributed by atoms with Gasteiger partial charge >= 0.3 is 5.97 Å². The molecule has 0 aliphatic heterocycles.